The van der Waals surface area contributed by atoms with Crippen LogP contribution in [0.1, 0.15) is 42.9 Å². The van der Waals surface area contributed by atoms with Crippen LogP contribution in [0.2, 0.25) is 0 Å². The van der Waals surface area contributed by atoms with Gasteiger partial charge < -0.3 is 10.2 Å². The average molecular weight is 590 g/mol. The maximum absolute atomic E-state index is 13.7. The van der Waals surface area contributed by atoms with Crippen molar-refractivity contribution in [2.24, 2.45) is 5.92 Å². The molecular formula is C33H39N3O3S2. The van der Waals surface area contributed by atoms with Gasteiger partial charge in [-0.1, -0.05) is 91.0 Å². The second kappa shape index (κ2) is 13.8. The molecule has 1 unspecified atom stereocenters. The van der Waals surface area contributed by atoms with Gasteiger partial charge in [0.15, 0.2) is 0 Å². The highest BCUT2D eigenvalue weighted by Gasteiger charge is 2.41. The van der Waals surface area contributed by atoms with Gasteiger partial charge in [0, 0.05) is 31.3 Å². The monoisotopic (exact) mass is 589 g/mol. The van der Waals surface area contributed by atoms with Crippen molar-refractivity contribution in [1.29, 1.82) is 0 Å². The summed E-state index contributed by atoms with van der Waals surface area (Å²) in [5, 5.41) is 2.42. The lowest BCUT2D eigenvalue weighted by molar-refractivity contribution is -0.123. The van der Waals surface area contributed by atoms with Crippen molar-refractivity contribution in [2.45, 2.75) is 43.6 Å². The fourth-order valence-electron chi connectivity index (χ4n) is 5.56. The maximum Gasteiger partial charge on any atom is 0.249 e. The van der Waals surface area contributed by atoms with E-state index in [1.54, 1.807) is 6.08 Å². The molecule has 1 N–H and O–H groups in total. The standard InChI is InChI=1S/C33H39N3O3S2/c1-35(25-26-11-5-2-6-12-26)22-21-31(29-15-9-4-10-16-29)34-32(37)33-36(23-24-40-33)41(38,39)30-19-17-28(18-20-30)27-13-7-3-8-14-27/h2,4-7,9-17,19-20,28,31,33H,3,8,18,21-25H2,1H3,(H,34,37)/t28?,31-,33-/m0/s1. The second-order valence-corrected chi connectivity index (χ2v) is 13.9. The van der Waals surface area contributed by atoms with Crippen molar-refractivity contribution in [1.82, 2.24) is 14.5 Å². The summed E-state index contributed by atoms with van der Waals surface area (Å²) in [7, 11) is -1.71. The molecule has 8 heteroatoms. The molecule has 1 fully saturated rings. The van der Waals surface area contributed by atoms with Gasteiger partial charge in [0.05, 0.1) is 10.9 Å². The summed E-state index contributed by atoms with van der Waals surface area (Å²) >= 11 is 1.39. The van der Waals surface area contributed by atoms with Crippen molar-refractivity contribution in [3.8, 4) is 0 Å². The zero-order valence-electron chi connectivity index (χ0n) is 23.6. The lowest BCUT2D eigenvalue weighted by Crippen LogP contribution is -2.46. The number of benzene rings is 2. The summed E-state index contributed by atoms with van der Waals surface area (Å²) in [6, 6.07) is 20.0. The molecule has 41 heavy (non-hydrogen) atoms. The second-order valence-electron chi connectivity index (χ2n) is 10.8. The van der Waals surface area contributed by atoms with E-state index in [2.05, 4.69) is 47.6 Å². The summed E-state index contributed by atoms with van der Waals surface area (Å²) in [5.74, 6) is 0.528. The molecule has 6 nitrogen and oxygen atoms in total. The van der Waals surface area contributed by atoms with Crippen molar-refractivity contribution in [3.63, 3.8) is 0 Å². The van der Waals surface area contributed by atoms with Gasteiger partial charge in [0.1, 0.15) is 5.37 Å². The van der Waals surface area contributed by atoms with Gasteiger partial charge in [-0.25, -0.2) is 8.42 Å². The van der Waals surface area contributed by atoms with Gasteiger partial charge in [-0.15, -0.1) is 11.8 Å². The molecule has 1 heterocycles. The fourth-order valence-corrected chi connectivity index (χ4v) is 8.73. The molecule has 2 aliphatic carbocycles. The van der Waals surface area contributed by atoms with E-state index in [4.69, 9.17) is 0 Å². The van der Waals surface area contributed by atoms with E-state index in [1.807, 2.05) is 60.7 Å². The number of amides is 1. The fraction of sp³-hybridized carbons (Fsp3) is 0.364. The third-order valence-corrected chi connectivity index (χ3v) is 11.1. The van der Waals surface area contributed by atoms with Crippen LogP contribution in [0.25, 0.3) is 0 Å². The van der Waals surface area contributed by atoms with E-state index in [1.165, 1.54) is 27.2 Å². The van der Waals surface area contributed by atoms with Crippen LogP contribution >= 0.6 is 11.8 Å². The molecule has 3 aliphatic rings. The zero-order chi connectivity index (χ0) is 28.7. The van der Waals surface area contributed by atoms with Gasteiger partial charge in [0.25, 0.3) is 0 Å². The predicted molar refractivity (Wildman–Crippen MR) is 168 cm³/mol. The summed E-state index contributed by atoms with van der Waals surface area (Å²) in [5.41, 5.74) is 3.50. The maximum atomic E-state index is 13.7. The Morgan fingerprint density at radius 2 is 1.80 bits per heavy atom. The Balaban J connectivity index is 1.25. The predicted octanol–water partition coefficient (Wildman–Crippen LogP) is 5.81. The van der Waals surface area contributed by atoms with E-state index in [0.717, 1.165) is 31.5 Å². The largest absolute Gasteiger partial charge is 0.347 e. The molecule has 5 rings (SSSR count). The van der Waals surface area contributed by atoms with Crippen LogP contribution in [0.5, 0.6) is 0 Å². The average Bonchev–Trinajstić information content (AvgIpc) is 3.52. The molecule has 0 saturated carbocycles. The minimum Gasteiger partial charge on any atom is -0.347 e. The Labute approximate surface area is 248 Å². The summed E-state index contributed by atoms with van der Waals surface area (Å²) in [6.07, 6.45) is 15.5. The lowest BCUT2D eigenvalue weighted by atomic mass is 9.89. The Morgan fingerprint density at radius 1 is 1.05 bits per heavy atom. The minimum atomic E-state index is -3.79. The molecule has 1 saturated heterocycles. The Morgan fingerprint density at radius 3 is 2.49 bits per heavy atom. The molecule has 2 aromatic rings. The number of carbonyl (C=O) groups is 1. The van der Waals surface area contributed by atoms with Crippen LogP contribution < -0.4 is 5.32 Å². The van der Waals surface area contributed by atoms with Crippen molar-refractivity contribution >= 4 is 27.7 Å². The number of carbonyl (C=O) groups excluding carboxylic acids is 1. The molecule has 3 atom stereocenters. The summed E-state index contributed by atoms with van der Waals surface area (Å²) < 4.78 is 28.8. The van der Waals surface area contributed by atoms with Crippen LogP contribution in [0, 0.1) is 5.92 Å². The van der Waals surface area contributed by atoms with Crippen LogP contribution in [0.15, 0.2) is 108 Å². The van der Waals surface area contributed by atoms with Crippen molar-refractivity contribution in [2.75, 3.05) is 25.9 Å². The van der Waals surface area contributed by atoms with Gasteiger partial charge in [0.2, 0.25) is 15.9 Å². The molecule has 2 aromatic carbocycles. The number of sulfonamides is 1. The highest BCUT2D eigenvalue weighted by molar-refractivity contribution is 8.02. The quantitative estimate of drug-likeness (QED) is 0.359. The zero-order valence-corrected chi connectivity index (χ0v) is 25.2. The van der Waals surface area contributed by atoms with Crippen molar-refractivity contribution < 1.29 is 13.2 Å². The van der Waals surface area contributed by atoms with Crippen LogP contribution in [-0.2, 0) is 21.4 Å². The summed E-state index contributed by atoms with van der Waals surface area (Å²) in [4.78, 5) is 16.2. The Kier molecular flexibility index (Phi) is 9.98. The van der Waals surface area contributed by atoms with E-state index in [0.29, 0.717) is 25.1 Å². The van der Waals surface area contributed by atoms with Crippen LogP contribution in [0.4, 0.5) is 0 Å². The first-order valence-electron chi connectivity index (χ1n) is 14.4. The number of rotatable bonds is 11. The first kappa shape index (κ1) is 29.6. The Bertz CT molecular complexity index is 1420. The number of nitrogens with one attached hydrogen (secondary N) is 1. The Hall–Kier alpha value is -2.91. The van der Waals surface area contributed by atoms with Gasteiger partial charge in [-0.3, -0.25) is 4.79 Å². The first-order chi connectivity index (χ1) is 19.9. The van der Waals surface area contributed by atoms with E-state index < -0.39 is 15.4 Å². The highest BCUT2D eigenvalue weighted by Crippen LogP contribution is 2.34. The highest BCUT2D eigenvalue weighted by atomic mass is 32.2. The molecule has 0 spiro atoms. The van der Waals surface area contributed by atoms with Crippen LogP contribution in [0.3, 0.4) is 0 Å². The number of allylic oxidation sites excluding steroid dienone is 7. The molecule has 0 aromatic heterocycles. The number of hydrogen-bond acceptors (Lipinski definition) is 5. The van der Waals surface area contributed by atoms with E-state index >= 15 is 0 Å². The number of thioether (sulfide) groups is 1. The smallest absolute Gasteiger partial charge is 0.249 e. The molecular weight excluding hydrogens is 551 g/mol. The van der Waals surface area contributed by atoms with E-state index in [-0.39, 0.29) is 22.8 Å². The van der Waals surface area contributed by atoms with E-state index in [9.17, 15) is 13.2 Å². The number of nitrogens with zero attached hydrogens (tertiary/aromatic N) is 2. The van der Waals surface area contributed by atoms with Gasteiger partial charge >= 0.3 is 0 Å². The first-order valence-corrected chi connectivity index (χ1v) is 16.9. The molecule has 1 amide bonds. The summed E-state index contributed by atoms with van der Waals surface area (Å²) in [6.45, 7) is 1.92. The topological polar surface area (TPSA) is 69.7 Å². The minimum absolute atomic E-state index is 0.198. The van der Waals surface area contributed by atoms with Gasteiger partial charge in [-0.2, -0.15) is 4.31 Å². The molecule has 0 bridgehead atoms. The normalized spacial score (nSPS) is 21.9. The molecule has 216 valence electrons. The lowest BCUT2D eigenvalue weighted by Gasteiger charge is -2.28. The SMILES string of the molecule is CN(CC[C@H](NC(=O)[C@@H]1SCCN1S(=O)(=O)C1=CCC(C2=CCCC=C2)C=C1)c1ccccc1)Cc1ccccc1. The number of hydrogen-bond donors (Lipinski definition) is 1. The third-order valence-electron chi connectivity index (χ3n) is 7.81. The third kappa shape index (κ3) is 7.49. The van der Waals surface area contributed by atoms with Crippen LogP contribution in [-0.4, -0.2) is 54.8 Å². The molecule has 1 aliphatic heterocycles. The van der Waals surface area contributed by atoms with Crippen molar-refractivity contribution in [3.05, 3.63) is 119 Å². The van der Waals surface area contributed by atoms with Gasteiger partial charge in [-0.05, 0) is 55.5 Å². The molecule has 0 radical (unpaired) electrons.